The van der Waals surface area contributed by atoms with Gasteiger partial charge in [0.1, 0.15) is 0 Å². The minimum absolute atomic E-state index is 0.0306. The van der Waals surface area contributed by atoms with Gasteiger partial charge < -0.3 is 5.32 Å². The van der Waals surface area contributed by atoms with Crippen LogP contribution < -0.4 is 5.32 Å². The van der Waals surface area contributed by atoms with Crippen molar-refractivity contribution in [3.8, 4) is 0 Å². The highest BCUT2D eigenvalue weighted by atomic mass is 32.2. The van der Waals surface area contributed by atoms with Crippen molar-refractivity contribution in [2.75, 3.05) is 5.75 Å². The van der Waals surface area contributed by atoms with Crippen molar-refractivity contribution >= 4 is 22.5 Å². The molecule has 1 aromatic rings. The van der Waals surface area contributed by atoms with Crippen LogP contribution in [0, 0.1) is 0 Å². The van der Waals surface area contributed by atoms with Crippen LogP contribution in [0.15, 0.2) is 28.0 Å². The van der Waals surface area contributed by atoms with Gasteiger partial charge in [-0.2, -0.15) is 0 Å². The van der Waals surface area contributed by atoms with E-state index in [0.717, 1.165) is 31.2 Å². The number of thiol groups is 1. The van der Waals surface area contributed by atoms with E-state index in [-0.39, 0.29) is 17.3 Å². The average Bonchev–Trinajstić information content (AvgIpc) is 2.51. The Hall–Kier alpha value is -0.520. The highest BCUT2D eigenvalue weighted by molar-refractivity contribution is 7.91. The van der Waals surface area contributed by atoms with Crippen LogP contribution in [0.4, 0.5) is 0 Å². The van der Waals surface area contributed by atoms with E-state index < -0.39 is 9.84 Å². The van der Waals surface area contributed by atoms with Crippen molar-refractivity contribution in [3.05, 3.63) is 23.8 Å². The number of hydrogen-bond acceptors (Lipinski definition) is 4. The van der Waals surface area contributed by atoms with E-state index in [1.807, 2.05) is 19.1 Å². The number of sulfone groups is 1. The van der Waals surface area contributed by atoms with Crippen LogP contribution in [0.25, 0.3) is 0 Å². The van der Waals surface area contributed by atoms with Gasteiger partial charge in [0.15, 0.2) is 9.84 Å². The van der Waals surface area contributed by atoms with E-state index in [1.54, 1.807) is 6.07 Å². The number of rotatable bonds is 4. The van der Waals surface area contributed by atoms with E-state index in [0.29, 0.717) is 9.79 Å². The minimum atomic E-state index is -3.30. The normalized spacial score (nSPS) is 27.9. The van der Waals surface area contributed by atoms with Crippen molar-refractivity contribution in [1.29, 1.82) is 0 Å². The SMILES string of the molecule is CCCC[C@]1(CC)CS(=O)(=O)c2cc(S)ccc2[C@@H](C)N1. The highest BCUT2D eigenvalue weighted by Crippen LogP contribution is 2.35. The van der Waals surface area contributed by atoms with Gasteiger partial charge in [-0.3, -0.25) is 0 Å². The van der Waals surface area contributed by atoms with E-state index in [2.05, 4.69) is 31.8 Å². The van der Waals surface area contributed by atoms with Crippen LogP contribution in [0.1, 0.15) is 58.1 Å². The molecule has 1 aliphatic rings. The number of nitrogens with one attached hydrogen (secondary N) is 1. The Balaban J connectivity index is 2.51. The first-order valence-electron chi connectivity index (χ1n) is 7.67. The molecule has 1 N–H and O–H groups in total. The molecule has 0 saturated heterocycles. The molecule has 0 amide bonds. The zero-order valence-electron chi connectivity index (χ0n) is 13.0. The Morgan fingerprint density at radius 2 is 2.10 bits per heavy atom. The summed E-state index contributed by atoms with van der Waals surface area (Å²) in [6, 6.07) is 5.47. The maximum absolute atomic E-state index is 12.9. The lowest BCUT2D eigenvalue weighted by atomic mass is 9.90. The largest absolute Gasteiger partial charge is 0.304 e. The second-order valence-electron chi connectivity index (χ2n) is 6.08. The van der Waals surface area contributed by atoms with Crippen LogP contribution >= 0.6 is 12.6 Å². The van der Waals surface area contributed by atoms with Gasteiger partial charge in [-0.25, -0.2) is 8.42 Å². The predicted molar refractivity (Wildman–Crippen MR) is 89.8 cm³/mol. The van der Waals surface area contributed by atoms with Gasteiger partial charge in [-0.1, -0.05) is 32.8 Å². The second kappa shape index (κ2) is 6.31. The summed E-state index contributed by atoms with van der Waals surface area (Å²) < 4.78 is 25.7. The van der Waals surface area contributed by atoms with Gasteiger partial charge in [0.2, 0.25) is 0 Å². The summed E-state index contributed by atoms with van der Waals surface area (Å²) in [5, 5.41) is 3.60. The molecule has 0 spiro atoms. The third kappa shape index (κ3) is 3.46. The van der Waals surface area contributed by atoms with Crippen LogP contribution in [-0.4, -0.2) is 19.7 Å². The van der Waals surface area contributed by atoms with E-state index in [4.69, 9.17) is 0 Å². The molecular weight excluding hydrogens is 302 g/mol. The van der Waals surface area contributed by atoms with Crippen molar-refractivity contribution in [2.45, 2.75) is 67.8 Å². The van der Waals surface area contributed by atoms with E-state index in [1.165, 1.54) is 0 Å². The molecule has 0 saturated carbocycles. The monoisotopic (exact) mass is 327 g/mol. The zero-order chi connectivity index (χ0) is 15.7. The van der Waals surface area contributed by atoms with Crippen molar-refractivity contribution in [3.63, 3.8) is 0 Å². The van der Waals surface area contributed by atoms with Gasteiger partial charge in [-0.15, -0.1) is 12.6 Å². The molecule has 1 heterocycles. The van der Waals surface area contributed by atoms with Crippen molar-refractivity contribution in [2.24, 2.45) is 0 Å². The van der Waals surface area contributed by atoms with Crippen LogP contribution in [0.2, 0.25) is 0 Å². The Morgan fingerprint density at radius 1 is 1.38 bits per heavy atom. The topological polar surface area (TPSA) is 46.2 Å². The van der Waals surface area contributed by atoms with Crippen LogP contribution in [0.3, 0.4) is 0 Å². The molecule has 0 aromatic heterocycles. The lowest BCUT2D eigenvalue weighted by Crippen LogP contribution is -2.49. The molecular formula is C16H25NO2S2. The number of hydrogen-bond donors (Lipinski definition) is 2. The Kier molecular flexibility index (Phi) is 5.06. The lowest BCUT2D eigenvalue weighted by molar-refractivity contribution is 0.287. The molecule has 0 bridgehead atoms. The summed E-state index contributed by atoms with van der Waals surface area (Å²) in [6.45, 7) is 6.26. The van der Waals surface area contributed by atoms with Gasteiger partial charge in [0, 0.05) is 16.5 Å². The van der Waals surface area contributed by atoms with Gasteiger partial charge in [0.05, 0.1) is 10.6 Å². The molecule has 0 aliphatic carbocycles. The fourth-order valence-electron chi connectivity index (χ4n) is 3.21. The molecule has 2 rings (SSSR count). The highest BCUT2D eigenvalue weighted by Gasteiger charge is 2.39. The van der Waals surface area contributed by atoms with E-state index in [9.17, 15) is 8.42 Å². The number of fused-ring (bicyclic) bond motifs is 1. The molecule has 5 heteroatoms. The number of benzene rings is 1. The van der Waals surface area contributed by atoms with Crippen LogP contribution in [0.5, 0.6) is 0 Å². The molecule has 0 fully saturated rings. The molecule has 1 aromatic carbocycles. The Bertz CT molecular complexity index is 613. The fourth-order valence-corrected chi connectivity index (χ4v) is 5.73. The maximum Gasteiger partial charge on any atom is 0.180 e. The minimum Gasteiger partial charge on any atom is -0.304 e. The van der Waals surface area contributed by atoms with Gasteiger partial charge >= 0.3 is 0 Å². The molecule has 2 atom stereocenters. The Morgan fingerprint density at radius 3 is 2.71 bits per heavy atom. The first-order chi connectivity index (χ1) is 9.83. The van der Waals surface area contributed by atoms with Gasteiger partial charge in [-0.05, 0) is 37.5 Å². The average molecular weight is 328 g/mol. The van der Waals surface area contributed by atoms with Gasteiger partial charge in [0.25, 0.3) is 0 Å². The molecule has 0 unspecified atom stereocenters. The second-order valence-corrected chi connectivity index (χ2v) is 8.56. The van der Waals surface area contributed by atoms with Crippen LogP contribution in [-0.2, 0) is 9.84 Å². The summed E-state index contributed by atoms with van der Waals surface area (Å²) >= 11 is 4.30. The smallest absolute Gasteiger partial charge is 0.180 e. The first-order valence-corrected chi connectivity index (χ1v) is 9.77. The lowest BCUT2D eigenvalue weighted by Gasteiger charge is -2.34. The quantitative estimate of drug-likeness (QED) is 0.828. The fraction of sp³-hybridized carbons (Fsp3) is 0.625. The van der Waals surface area contributed by atoms with Crippen molar-refractivity contribution < 1.29 is 8.42 Å². The maximum atomic E-state index is 12.9. The van der Waals surface area contributed by atoms with Crippen molar-refractivity contribution in [1.82, 2.24) is 5.32 Å². The first kappa shape index (κ1) is 16.8. The third-order valence-electron chi connectivity index (χ3n) is 4.47. The predicted octanol–water partition coefficient (Wildman–Crippen LogP) is 3.75. The molecule has 118 valence electrons. The summed E-state index contributed by atoms with van der Waals surface area (Å²) in [5.41, 5.74) is 0.531. The molecule has 21 heavy (non-hydrogen) atoms. The summed E-state index contributed by atoms with van der Waals surface area (Å²) in [7, 11) is -3.30. The molecule has 0 radical (unpaired) electrons. The van der Waals surface area contributed by atoms with E-state index >= 15 is 0 Å². The molecule has 1 aliphatic heterocycles. The molecule has 3 nitrogen and oxygen atoms in total. The third-order valence-corrected chi connectivity index (χ3v) is 6.71. The summed E-state index contributed by atoms with van der Waals surface area (Å²) in [5.74, 6) is 0.172. The summed E-state index contributed by atoms with van der Waals surface area (Å²) in [4.78, 5) is 1.14. The zero-order valence-corrected chi connectivity index (χ0v) is 14.7. The standard InChI is InChI=1S/C16H25NO2S2/c1-4-6-9-16(5-2)11-21(18,19)15-10-13(20)7-8-14(15)12(3)17-16/h7-8,10,12,17,20H,4-6,9,11H2,1-3H3/t12-,16-/m1/s1. The Labute approximate surface area is 133 Å². The number of unbranched alkanes of at least 4 members (excludes halogenated alkanes) is 1. The summed E-state index contributed by atoms with van der Waals surface area (Å²) in [6.07, 6.45) is 3.83.